The van der Waals surface area contributed by atoms with E-state index in [0.29, 0.717) is 5.82 Å². The maximum absolute atomic E-state index is 5.52. The molecule has 2 rings (SSSR count). The number of hydrogen-bond acceptors (Lipinski definition) is 5. The van der Waals surface area contributed by atoms with Crippen molar-refractivity contribution in [2.75, 3.05) is 10.7 Å². The van der Waals surface area contributed by atoms with Gasteiger partial charge in [-0.25, -0.2) is 15.8 Å². The van der Waals surface area contributed by atoms with Crippen LogP contribution in [0.25, 0.3) is 0 Å². The lowest BCUT2D eigenvalue weighted by atomic mass is 10.1. The van der Waals surface area contributed by atoms with Gasteiger partial charge in [0.25, 0.3) is 0 Å². The Labute approximate surface area is 119 Å². The minimum atomic E-state index is 0.657. The number of nitrogens with zero attached hydrogens (tertiary/aromatic N) is 2. The lowest BCUT2D eigenvalue weighted by molar-refractivity contribution is 0.932. The highest BCUT2D eigenvalue weighted by atomic mass is 15.3. The van der Waals surface area contributed by atoms with Gasteiger partial charge in [-0.1, -0.05) is 24.6 Å². The van der Waals surface area contributed by atoms with Gasteiger partial charge in [-0.3, -0.25) is 0 Å². The molecule has 1 heterocycles. The van der Waals surface area contributed by atoms with Crippen LogP contribution in [0.3, 0.4) is 0 Å². The number of anilines is 3. The van der Waals surface area contributed by atoms with Crippen molar-refractivity contribution >= 4 is 17.3 Å². The maximum atomic E-state index is 5.52. The van der Waals surface area contributed by atoms with Gasteiger partial charge in [-0.05, 0) is 32.4 Å². The van der Waals surface area contributed by atoms with E-state index in [1.165, 1.54) is 11.1 Å². The molecule has 0 radical (unpaired) electrons. The van der Waals surface area contributed by atoms with Gasteiger partial charge in [0.15, 0.2) is 0 Å². The molecule has 0 saturated heterocycles. The van der Waals surface area contributed by atoms with Crippen molar-refractivity contribution in [1.29, 1.82) is 0 Å². The SMILES string of the molecule is CCc1nc(NN)c(C)c(Nc2ccc(C)cc2C)n1. The van der Waals surface area contributed by atoms with Gasteiger partial charge in [0.05, 0.1) is 0 Å². The number of hydrogen-bond donors (Lipinski definition) is 3. The molecule has 4 N–H and O–H groups in total. The van der Waals surface area contributed by atoms with Crippen LogP contribution in [0.5, 0.6) is 0 Å². The van der Waals surface area contributed by atoms with Crippen molar-refractivity contribution in [3.8, 4) is 0 Å². The molecule has 0 unspecified atom stereocenters. The van der Waals surface area contributed by atoms with Crippen molar-refractivity contribution in [2.24, 2.45) is 5.84 Å². The average Bonchev–Trinajstić information content (AvgIpc) is 2.43. The topological polar surface area (TPSA) is 75.9 Å². The Kier molecular flexibility index (Phi) is 4.20. The van der Waals surface area contributed by atoms with E-state index in [1.807, 2.05) is 13.8 Å². The van der Waals surface area contributed by atoms with Crippen LogP contribution >= 0.6 is 0 Å². The third-order valence-corrected chi connectivity index (χ3v) is 3.28. The summed E-state index contributed by atoms with van der Waals surface area (Å²) in [6.45, 7) is 8.12. The van der Waals surface area contributed by atoms with Crippen LogP contribution in [0.4, 0.5) is 17.3 Å². The number of rotatable bonds is 4. The zero-order valence-electron chi connectivity index (χ0n) is 12.4. The Balaban J connectivity index is 2.42. The van der Waals surface area contributed by atoms with E-state index in [2.05, 4.69) is 52.8 Å². The number of aromatic nitrogens is 2. The second-order valence-electron chi connectivity index (χ2n) is 4.90. The molecule has 5 heteroatoms. The largest absolute Gasteiger partial charge is 0.340 e. The first-order valence-corrected chi connectivity index (χ1v) is 6.73. The number of nitrogen functional groups attached to an aromatic ring is 1. The highest BCUT2D eigenvalue weighted by Crippen LogP contribution is 2.25. The number of hydrazine groups is 1. The molecular formula is C15H21N5. The first-order valence-electron chi connectivity index (χ1n) is 6.73. The molecule has 20 heavy (non-hydrogen) atoms. The monoisotopic (exact) mass is 271 g/mol. The highest BCUT2D eigenvalue weighted by Gasteiger charge is 2.10. The Bertz CT molecular complexity index is 622. The predicted molar refractivity (Wildman–Crippen MR) is 83.2 cm³/mol. The van der Waals surface area contributed by atoms with Gasteiger partial charge < -0.3 is 10.7 Å². The summed E-state index contributed by atoms with van der Waals surface area (Å²) in [5.74, 6) is 7.72. The summed E-state index contributed by atoms with van der Waals surface area (Å²) in [6.07, 6.45) is 0.760. The molecule has 0 aliphatic heterocycles. The van der Waals surface area contributed by atoms with Crippen LogP contribution in [-0.4, -0.2) is 9.97 Å². The number of aryl methyl sites for hydroxylation is 3. The van der Waals surface area contributed by atoms with Crippen molar-refractivity contribution in [1.82, 2.24) is 9.97 Å². The first-order chi connectivity index (χ1) is 9.55. The molecule has 0 bridgehead atoms. The fourth-order valence-electron chi connectivity index (χ4n) is 2.06. The molecule has 2 aromatic rings. The quantitative estimate of drug-likeness (QED) is 0.588. The van der Waals surface area contributed by atoms with Gasteiger partial charge >= 0.3 is 0 Å². The molecule has 0 fully saturated rings. The molecule has 106 valence electrons. The summed E-state index contributed by atoms with van der Waals surface area (Å²) in [6, 6.07) is 6.28. The van der Waals surface area contributed by atoms with Crippen molar-refractivity contribution in [3.05, 3.63) is 40.7 Å². The van der Waals surface area contributed by atoms with Crippen LogP contribution in [0, 0.1) is 20.8 Å². The zero-order chi connectivity index (χ0) is 14.7. The summed E-state index contributed by atoms with van der Waals surface area (Å²) in [5, 5.41) is 3.37. The Morgan fingerprint density at radius 1 is 1.10 bits per heavy atom. The molecule has 0 atom stereocenters. The number of nitrogens with one attached hydrogen (secondary N) is 2. The second-order valence-corrected chi connectivity index (χ2v) is 4.90. The lowest BCUT2D eigenvalue weighted by Crippen LogP contribution is -2.14. The third-order valence-electron chi connectivity index (χ3n) is 3.28. The molecule has 0 saturated carbocycles. The van der Waals surface area contributed by atoms with E-state index in [9.17, 15) is 0 Å². The van der Waals surface area contributed by atoms with Crippen molar-refractivity contribution in [3.63, 3.8) is 0 Å². The standard InChI is InChI=1S/C15H21N5/c1-5-13-18-14(11(4)15(19-13)20-16)17-12-7-6-9(2)8-10(12)3/h6-8H,5,16H2,1-4H3,(H2,17,18,19,20). The van der Waals surface area contributed by atoms with E-state index in [4.69, 9.17) is 5.84 Å². The fourth-order valence-corrected chi connectivity index (χ4v) is 2.06. The molecule has 0 aliphatic rings. The second kappa shape index (κ2) is 5.88. The van der Waals surface area contributed by atoms with Gasteiger partial charge in [-0.15, -0.1) is 0 Å². The number of nitrogens with two attached hydrogens (primary N) is 1. The Morgan fingerprint density at radius 3 is 2.40 bits per heavy atom. The number of benzene rings is 1. The van der Waals surface area contributed by atoms with E-state index >= 15 is 0 Å². The van der Waals surface area contributed by atoms with Crippen LogP contribution < -0.4 is 16.6 Å². The molecule has 0 amide bonds. The summed E-state index contributed by atoms with van der Waals surface area (Å²) in [7, 11) is 0. The Hall–Kier alpha value is -2.14. The van der Waals surface area contributed by atoms with Crippen molar-refractivity contribution in [2.45, 2.75) is 34.1 Å². The first kappa shape index (κ1) is 14.3. The molecule has 0 aliphatic carbocycles. The van der Waals surface area contributed by atoms with Gasteiger partial charge in [0.1, 0.15) is 17.5 Å². The zero-order valence-corrected chi connectivity index (χ0v) is 12.4. The van der Waals surface area contributed by atoms with Gasteiger partial charge in [0, 0.05) is 17.7 Å². The molecule has 0 spiro atoms. The fraction of sp³-hybridized carbons (Fsp3) is 0.333. The minimum Gasteiger partial charge on any atom is -0.340 e. The third kappa shape index (κ3) is 2.88. The van der Waals surface area contributed by atoms with Gasteiger partial charge in [-0.2, -0.15) is 0 Å². The minimum absolute atomic E-state index is 0.657. The molecular weight excluding hydrogens is 250 g/mol. The van der Waals surface area contributed by atoms with E-state index in [1.54, 1.807) is 0 Å². The van der Waals surface area contributed by atoms with Crippen LogP contribution in [0.2, 0.25) is 0 Å². The van der Waals surface area contributed by atoms with Crippen LogP contribution in [-0.2, 0) is 6.42 Å². The Morgan fingerprint density at radius 2 is 1.80 bits per heavy atom. The molecule has 1 aromatic carbocycles. The van der Waals surface area contributed by atoms with Gasteiger partial charge in [0.2, 0.25) is 0 Å². The molecule has 1 aromatic heterocycles. The average molecular weight is 271 g/mol. The summed E-state index contributed by atoms with van der Waals surface area (Å²) in [4.78, 5) is 8.90. The van der Waals surface area contributed by atoms with E-state index in [0.717, 1.165) is 29.3 Å². The van der Waals surface area contributed by atoms with E-state index < -0.39 is 0 Å². The highest BCUT2D eigenvalue weighted by molar-refractivity contribution is 5.66. The van der Waals surface area contributed by atoms with Crippen LogP contribution in [0.15, 0.2) is 18.2 Å². The maximum Gasteiger partial charge on any atom is 0.148 e. The molecule has 5 nitrogen and oxygen atoms in total. The van der Waals surface area contributed by atoms with Crippen LogP contribution in [0.1, 0.15) is 29.4 Å². The summed E-state index contributed by atoms with van der Waals surface area (Å²) in [5.41, 5.74) is 7.01. The smallest absolute Gasteiger partial charge is 0.148 e. The lowest BCUT2D eigenvalue weighted by Gasteiger charge is -2.15. The predicted octanol–water partition coefficient (Wildman–Crippen LogP) is 2.99. The normalized spacial score (nSPS) is 10.4. The van der Waals surface area contributed by atoms with E-state index in [-0.39, 0.29) is 0 Å². The summed E-state index contributed by atoms with van der Waals surface area (Å²) >= 11 is 0. The van der Waals surface area contributed by atoms with Crippen molar-refractivity contribution < 1.29 is 0 Å². The summed E-state index contributed by atoms with van der Waals surface area (Å²) < 4.78 is 0.